The largest absolute Gasteiger partial charge is 0.476 e. The number of carbonyl (C=O) groups is 1. The molecule has 0 aliphatic carbocycles. The summed E-state index contributed by atoms with van der Waals surface area (Å²) < 4.78 is 9.99. The van der Waals surface area contributed by atoms with E-state index >= 15 is 0 Å². The van der Waals surface area contributed by atoms with Crippen LogP contribution in [0.15, 0.2) is 28.9 Å². The summed E-state index contributed by atoms with van der Waals surface area (Å²) in [4.78, 5) is 24.3. The summed E-state index contributed by atoms with van der Waals surface area (Å²) in [6, 6.07) is 4.05. The van der Waals surface area contributed by atoms with Gasteiger partial charge >= 0.3 is 12.0 Å². The number of hydrogen-bond acceptors (Lipinski definition) is 6. The molecule has 0 saturated heterocycles. The highest BCUT2D eigenvalue weighted by atomic mass is 16.6. The number of nitrogens with zero attached hydrogens (tertiary/aromatic N) is 2. The van der Waals surface area contributed by atoms with Gasteiger partial charge in [-0.05, 0) is 18.6 Å². The van der Waals surface area contributed by atoms with Gasteiger partial charge in [0.2, 0.25) is 0 Å². The predicted molar refractivity (Wildman–Crippen MR) is 61.4 cm³/mol. The van der Waals surface area contributed by atoms with Crippen molar-refractivity contribution in [3.8, 4) is 11.8 Å². The summed E-state index contributed by atoms with van der Waals surface area (Å²) in [5, 5.41) is 19.3. The van der Waals surface area contributed by atoms with Crippen molar-refractivity contribution in [2.75, 3.05) is 0 Å². The fraction of sp³-hybridized carbons (Fsp3) is 0.0909. The first-order valence-electron chi connectivity index (χ1n) is 5.09. The average Bonchev–Trinajstić information content (AvgIpc) is 2.80. The van der Waals surface area contributed by atoms with Gasteiger partial charge < -0.3 is 14.3 Å². The number of nitro groups is 1. The molecule has 0 fully saturated rings. The monoisotopic (exact) mass is 264 g/mol. The van der Waals surface area contributed by atoms with Gasteiger partial charge in [0.15, 0.2) is 5.69 Å². The Hall–Kier alpha value is -2.90. The van der Waals surface area contributed by atoms with Crippen LogP contribution in [0.1, 0.15) is 16.1 Å². The Morgan fingerprint density at radius 3 is 2.84 bits per heavy atom. The number of aromatic carboxylic acids is 1. The second-order valence-electron chi connectivity index (χ2n) is 3.61. The van der Waals surface area contributed by atoms with Crippen LogP contribution in [-0.2, 0) is 0 Å². The Balaban J connectivity index is 2.29. The Morgan fingerprint density at radius 2 is 2.26 bits per heavy atom. The van der Waals surface area contributed by atoms with Gasteiger partial charge in [-0.25, -0.2) is 4.79 Å². The van der Waals surface area contributed by atoms with Crippen LogP contribution in [0, 0.1) is 17.0 Å². The fourth-order valence-corrected chi connectivity index (χ4v) is 1.31. The van der Waals surface area contributed by atoms with Crippen molar-refractivity contribution in [1.82, 2.24) is 4.98 Å². The molecule has 8 heteroatoms. The maximum atomic E-state index is 10.6. The summed E-state index contributed by atoms with van der Waals surface area (Å²) in [6.07, 6.45) is 0.630. The van der Waals surface area contributed by atoms with Gasteiger partial charge in [0.25, 0.3) is 5.69 Å². The van der Waals surface area contributed by atoms with Crippen molar-refractivity contribution in [2.24, 2.45) is 0 Å². The molecule has 0 amide bonds. The number of benzene rings is 1. The molecule has 0 spiro atoms. The van der Waals surface area contributed by atoms with E-state index in [1.807, 2.05) is 0 Å². The molecule has 0 atom stereocenters. The van der Waals surface area contributed by atoms with E-state index in [9.17, 15) is 14.9 Å². The highest BCUT2D eigenvalue weighted by molar-refractivity contribution is 5.84. The summed E-state index contributed by atoms with van der Waals surface area (Å²) in [5.74, 6) is -1.08. The number of oxazole rings is 1. The lowest BCUT2D eigenvalue weighted by Crippen LogP contribution is -1.96. The van der Waals surface area contributed by atoms with E-state index in [1.54, 1.807) is 6.92 Å². The molecule has 1 aromatic heterocycles. The van der Waals surface area contributed by atoms with Crippen molar-refractivity contribution in [3.05, 3.63) is 45.8 Å². The summed E-state index contributed by atoms with van der Waals surface area (Å²) >= 11 is 0. The fourth-order valence-electron chi connectivity index (χ4n) is 1.31. The van der Waals surface area contributed by atoms with Gasteiger partial charge in [-0.1, -0.05) is 0 Å². The summed E-state index contributed by atoms with van der Waals surface area (Å²) in [5.41, 5.74) is 0.171. The zero-order valence-electron chi connectivity index (χ0n) is 9.69. The summed E-state index contributed by atoms with van der Waals surface area (Å²) in [6.45, 7) is 1.68. The van der Waals surface area contributed by atoms with Crippen LogP contribution in [0.4, 0.5) is 5.69 Å². The lowest BCUT2D eigenvalue weighted by atomic mass is 10.2. The van der Waals surface area contributed by atoms with Gasteiger partial charge in [-0.2, -0.15) is 4.98 Å². The third kappa shape index (κ3) is 2.68. The number of nitro benzene ring substituents is 1. The minimum atomic E-state index is -1.26. The van der Waals surface area contributed by atoms with Crippen molar-refractivity contribution in [1.29, 1.82) is 0 Å². The smallest absolute Gasteiger partial charge is 0.399 e. The van der Waals surface area contributed by atoms with Crippen LogP contribution in [0.5, 0.6) is 11.8 Å². The van der Waals surface area contributed by atoms with Crippen molar-refractivity contribution >= 4 is 11.7 Å². The Kier molecular flexibility index (Phi) is 3.15. The molecule has 98 valence electrons. The number of carboxylic acids is 1. The molecular weight excluding hydrogens is 256 g/mol. The topological polar surface area (TPSA) is 116 Å². The van der Waals surface area contributed by atoms with Crippen LogP contribution >= 0.6 is 0 Å². The van der Waals surface area contributed by atoms with Crippen LogP contribution in [0.25, 0.3) is 0 Å². The molecule has 0 aliphatic heterocycles. The molecule has 0 unspecified atom stereocenters. The second-order valence-corrected chi connectivity index (χ2v) is 3.61. The van der Waals surface area contributed by atoms with E-state index < -0.39 is 10.9 Å². The van der Waals surface area contributed by atoms with E-state index in [-0.39, 0.29) is 23.2 Å². The maximum absolute atomic E-state index is 10.6. The minimum absolute atomic E-state index is 0.148. The van der Waals surface area contributed by atoms with Gasteiger partial charge in [0.05, 0.1) is 11.0 Å². The van der Waals surface area contributed by atoms with Gasteiger partial charge in [-0.3, -0.25) is 10.1 Å². The Morgan fingerprint density at radius 1 is 1.53 bits per heavy atom. The van der Waals surface area contributed by atoms with E-state index in [0.29, 0.717) is 5.56 Å². The predicted octanol–water partition coefficient (Wildman–Crippen LogP) is 2.38. The lowest BCUT2D eigenvalue weighted by molar-refractivity contribution is -0.384. The molecule has 0 aliphatic rings. The van der Waals surface area contributed by atoms with Gasteiger partial charge in [0.1, 0.15) is 12.0 Å². The lowest BCUT2D eigenvalue weighted by Gasteiger charge is -2.03. The molecule has 0 bridgehead atoms. The third-order valence-corrected chi connectivity index (χ3v) is 2.28. The molecule has 2 aromatic rings. The molecule has 19 heavy (non-hydrogen) atoms. The third-order valence-electron chi connectivity index (χ3n) is 2.28. The Bertz CT molecular complexity index is 648. The van der Waals surface area contributed by atoms with E-state index in [2.05, 4.69) is 4.98 Å². The van der Waals surface area contributed by atoms with Crippen molar-refractivity contribution in [2.45, 2.75) is 6.92 Å². The molecule has 8 nitrogen and oxygen atoms in total. The standard InChI is InChI=1S/C11H8N2O6/c1-6-2-3-7(13(16)17)4-9(6)19-11-12-8(5-18-11)10(14)15/h2-5H,1H3,(H,14,15). The normalized spacial score (nSPS) is 10.2. The SMILES string of the molecule is Cc1ccc([N+](=O)[O-])cc1Oc1nc(C(=O)O)co1. The number of rotatable bonds is 4. The van der Waals surface area contributed by atoms with E-state index in [1.165, 1.54) is 18.2 Å². The highest BCUT2D eigenvalue weighted by Crippen LogP contribution is 2.28. The van der Waals surface area contributed by atoms with Crippen molar-refractivity contribution < 1.29 is 24.0 Å². The average molecular weight is 264 g/mol. The first-order valence-corrected chi connectivity index (χ1v) is 5.09. The highest BCUT2D eigenvalue weighted by Gasteiger charge is 2.15. The first-order chi connectivity index (χ1) is 8.97. The van der Waals surface area contributed by atoms with Crippen LogP contribution < -0.4 is 4.74 Å². The molecule has 1 heterocycles. The molecule has 2 rings (SSSR count). The second kappa shape index (κ2) is 4.77. The zero-order chi connectivity index (χ0) is 14.0. The molecule has 1 aromatic carbocycles. The number of ether oxygens (including phenoxy) is 1. The van der Waals surface area contributed by atoms with E-state index in [4.69, 9.17) is 14.3 Å². The molecular formula is C11H8N2O6. The number of aryl methyl sites for hydroxylation is 1. The van der Waals surface area contributed by atoms with Crippen molar-refractivity contribution in [3.63, 3.8) is 0 Å². The molecule has 0 radical (unpaired) electrons. The first kappa shape index (κ1) is 12.6. The van der Waals surface area contributed by atoms with Gasteiger partial charge in [0, 0.05) is 6.07 Å². The molecule has 0 saturated carbocycles. The van der Waals surface area contributed by atoms with Crippen LogP contribution in [-0.4, -0.2) is 21.0 Å². The minimum Gasteiger partial charge on any atom is -0.476 e. The number of non-ortho nitro benzene ring substituents is 1. The Labute approximate surface area is 106 Å². The molecule has 1 N–H and O–H groups in total. The number of carboxylic acid groups (broad SMARTS) is 1. The maximum Gasteiger partial charge on any atom is 0.399 e. The van der Waals surface area contributed by atoms with E-state index in [0.717, 1.165) is 6.26 Å². The quantitative estimate of drug-likeness (QED) is 0.665. The van der Waals surface area contributed by atoms with Gasteiger partial charge in [-0.15, -0.1) is 0 Å². The number of hydrogen-bond donors (Lipinski definition) is 1. The number of aromatic nitrogens is 1. The summed E-state index contributed by atoms with van der Waals surface area (Å²) in [7, 11) is 0. The van der Waals surface area contributed by atoms with Crippen LogP contribution in [0.3, 0.4) is 0 Å². The van der Waals surface area contributed by atoms with Crippen LogP contribution in [0.2, 0.25) is 0 Å². The zero-order valence-corrected chi connectivity index (χ0v) is 9.69.